The van der Waals surface area contributed by atoms with Gasteiger partial charge in [0, 0.05) is 31.8 Å². The number of hydrogen-bond acceptors (Lipinski definition) is 7. The number of fused-ring (bicyclic) bond motifs is 1. The van der Waals surface area contributed by atoms with E-state index in [1.165, 1.54) is 12.8 Å². The molecule has 3 atom stereocenters. The average molecular weight is 418 g/mol. The summed E-state index contributed by atoms with van der Waals surface area (Å²) >= 11 is 0. The van der Waals surface area contributed by atoms with Gasteiger partial charge in [0.05, 0.1) is 13.2 Å². The fraction of sp³-hybridized carbons (Fsp3) is 0.762. The van der Waals surface area contributed by atoms with E-state index in [-0.39, 0.29) is 29.5 Å². The summed E-state index contributed by atoms with van der Waals surface area (Å²) in [5.41, 5.74) is 6.98. The zero-order valence-electron chi connectivity index (χ0n) is 17.3. The van der Waals surface area contributed by atoms with Gasteiger partial charge >= 0.3 is 11.7 Å². The molecule has 0 aromatic carbocycles. The Morgan fingerprint density at radius 2 is 1.93 bits per heavy atom. The molecule has 1 saturated carbocycles. The fourth-order valence-corrected chi connectivity index (χ4v) is 4.75. The summed E-state index contributed by atoms with van der Waals surface area (Å²) in [5.74, 6) is 1.85. The maximum Gasteiger partial charge on any atom is 0.328 e. The minimum atomic E-state index is -0.194. The molecule has 0 amide bonds. The molecule has 0 radical (unpaired) electrons. The summed E-state index contributed by atoms with van der Waals surface area (Å²) in [5, 5.41) is 0. The lowest BCUT2D eigenvalue weighted by Crippen LogP contribution is -2.29. The van der Waals surface area contributed by atoms with Gasteiger partial charge in [-0.15, -0.1) is 0 Å². The Kier molecular flexibility index (Phi) is 5.64. The molecule has 0 bridgehead atoms. The fourth-order valence-electron chi connectivity index (χ4n) is 4.75. The molecule has 3 aliphatic rings. The van der Waals surface area contributed by atoms with Crippen molar-refractivity contribution in [2.45, 2.75) is 51.0 Å². The smallest absolute Gasteiger partial charge is 0.328 e. The summed E-state index contributed by atoms with van der Waals surface area (Å²) < 4.78 is 18.8. The zero-order valence-corrected chi connectivity index (χ0v) is 17.3. The zero-order chi connectivity index (χ0) is 20.5. The van der Waals surface area contributed by atoms with E-state index in [9.17, 15) is 4.79 Å². The molecule has 4 heterocycles. The van der Waals surface area contributed by atoms with Crippen LogP contribution in [0.15, 0.2) is 4.79 Å². The van der Waals surface area contributed by atoms with Crippen LogP contribution in [0.4, 0.5) is 5.82 Å². The van der Waals surface area contributed by atoms with Gasteiger partial charge < -0.3 is 24.9 Å². The van der Waals surface area contributed by atoms with Gasteiger partial charge in [0.1, 0.15) is 5.52 Å². The van der Waals surface area contributed by atoms with E-state index in [1.807, 2.05) is 0 Å². The van der Waals surface area contributed by atoms with Gasteiger partial charge in [-0.25, -0.2) is 4.79 Å². The van der Waals surface area contributed by atoms with Crippen LogP contribution in [0.25, 0.3) is 11.2 Å². The summed E-state index contributed by atoms with van der Waals surface area (Å²) in [6, 6.07) is 0.252. The first-order valence-electron chi connectivity index (χ1n) is 11.2. The number of nitrogen functional groups attached to an aromatic ring is 1. The Bertz CT molecular complexity index is 925. The lowest BCUT2D eigenvalue weighted by Gasteiger charge is -2.24. The number of imidazole rings is 1. The third kappa shape index (κ3) is 4.18. The monoisotopic (exact) mass is 417 g/mol. The molecular formula is C21H31N5O4. The first kappa shape index (κ1) is 19.8. The third-order valence-electron chi connectivity index (χ3n) is 6.77. The van der Waals surface area contributed by atoms with Crippen molar-refractivity contribution < 1.29 is 14.2 Å². The van der Waals surface area contributed by atoms with Crippen LogP contribution in [0.5, 0.6) is 6.01 Å². The summed E-state index contributed by atoms with van der Waals surface area (Å²) in [7, 11) is 0. The van der Waals surface area contributed by atoms with Crippen LogP contribution < -0.4 is 16.2 Å². The van der Waals surface area contributed by atoms with Crippen LogP contribution in [0.3, 0.4) is 0 Å². The Hall–Kier alpha value is -2.13. The number of nitrogens with one attached hydrogen (secondary N) is 1. The van der Waals surface area contributed by atoms with E-state index in [1.54, 1.807) is 4.57 Å². The molecule has 2 aromatic rings. The first-order chi connectivity index (χ1) is 14.7. The molecular weight excluding hydrogens is 386 g/mol. The number of anilines is 1. The van der Waals surface area contributed by atoms with Gasteiger partial charge in [-0.3, -0.25) is 4.57 Å². The average Bonchev–Trinajstić information content (AvgIpc) is 3.14. The number of nitrogens with two attached hydrogens (primary N) is 1. The molecule has 3 unspecified atom stereocenters. The Morgan fingerprint density at radius 3 is 2.67 bits per heavy atom. The van der Waals surface area contributed by atoms with Crippen molar-refractivity contribution in [3.05, 3.63) is 10.5 Å². The number of ether oxygens (including phenoxy) is 3. The third-order valence-corrected chi connectivity index (χ3v) is 6.77. The van der Waals surface area contributed by atoms with E-state index in [0.29, 0.717) is 30.3 Å². The minimum absolute atomic E-state index is 0.00274. The SMILES string of the molecule is Nc1nc(OCCC2CC2)nc2c1[nH]c(=O)n2C(CCC1CCOC1)C1CCOC1. The lowest BCUT2D eigenvalue weighted by atomic mass is 9.90. The largest absolute Gasteiger partial charge is 0.463 e. The van der Waals surface area contributed by atoms with Crippen LogP contribution in [0, 0.1) is 17.8 Å². The molecule has 9 heteroatoms. The summed E-state index contributed by atoms with van der Waals surface area (Å²) in [4.78, 5) is 24.7. The van der Waals surface area contributed by atoms with Gasteiger partial charge in [0.15, 0.2) is 11.5 Å². The Balaban J connectivity index is 1.44. The van der Waals surface area contributed by atoms with E-state index in [2.05, 4.69) is 15.0 Å². The first-order valence-corrected chi connectivity index (χ1v) is 11.2. The van der Waals surface area contributed by atoms with Crippen molar-refractivity contribution in [2.24, 2.45) is 17.8 Å². The predicted octanol–water partition coefficient (Wildman–Crippen LogP) is 2.27. The van der Waals surface area contributed by atoms with Crippen LogP contribution in [-0.4, -0.2) is 52.6 Å². The van der Waals surface area contributed by atoms with E-state index >= 15 is 0 Å². The standard InChI is InChI=1S/C21H31N5O4/c22-18-17-19(25-20(24-18)30-10-6-13-1-2-13)26(21(27)23-17)16(15-7-9-29-12-15)4-3-14-5-8-28-11-14/h13-16H,1-12H2,(H,23,27)(H2,22,24,25). The molecule has 3 N–H and O–H groups in total. The quantitative estimate of drug-likeness (QED) is 0.643. The van der Waals surface area contributed by atoms with E-state index in [4.69, 9.17) is 19.9 Å². The van der Waals surface area contributed by atoms with E-state index < -0.39 is 0 Å². The topological polar surface area (TPSA) is 117 Å². The van der Waals surface area contributed by atoms with Crippen molar-refractivity contribution in [2.75, 3.05) is 38.8 Å². The van der Waals surface area contributed by atoms with Crippen molar-refractivity contribution in [1.29, 1.82) is 0 Å². The highest BCUT2D eigenvalue weighted by atomic mass is 16.5. The molecule has 164 valence electrons. The van der Waals surface area contributed by atoms with Gasteiger partial charge in [0.25, 0.3) is 0 Å². The number of nitrogens with zero attached hydrogens (tertiary/aromatic N) is 3. The minimum Gasteiger partial charge on any atom is -0.463 e. The van der Waals surface area contributed by atoms with Crippen LogP contribution in [-0.2, 0) is 9.47 Å². The number of rotatable bonds is 9. The Morgan fingerprint density at radius 1 is 1.10 bits per heavy atom. The molecule has 0 spiro atoms. The van der Waals surface area contributed by atoms with Gasteiger partial charge in [0.2, 0.25) is 0 Å². The maximum absolute atomic E-state index is 13.0. The predicted molar refractivity (Wildman–Crippen MR) is 112 cm³/mol. The molecule has 2 saturated heterocycles. The normalized spacial score (nSPS) is 25.2. The maximum atomic E-state index is 13.0. The molecule has 1 aliphatic carbocycles. The van der Waals surface area contributed by atoms with Crippen molar-refractivity contribution in [1.82, 2.24) is 19.5 Å². The number of H-pyrrole nitrogens is 1. The molecule has 30 heavy (non-hydrogen) atoms. The van der Waals surface area contributed by atoms with Crippen LogP contribution >= 0.6 is 0 Å². The van der Waals surface area contributed by atoms with Gasteiger partial charge in [-0.05, 0) is 43.9 Å². The molecule has 5 rings (SSSR count). The summed E-state index contributed by atoms with van der Waals surface area (Å²) in [6.45, 7) is 3.62. The second kappa shape index (κ2) is 8.55. The molecule has 3 fully saturated rings. The molecule has 2 aromatic heterocycles. The second-order valence-electron chi connectivity index (χ2n) is 8.97. The van der Waals surface area contributed by atoms with Crippen LogP contribution in [0.1, 0.15) is 51.0 Å². The highest BCUT2D eigenvalue weighted by Crippen LogP contribution is 2.35. The Labute approximate surface area is 175 Å². The summed E-state index contributed by atoms with van der Waals surface area (Å²) in [6.07, 6.45) is 7.50. The van der Waals surface area contributed by atoms with Crippen molar-refractivity contribution in [3.8, 4) is 6.01 Å². The number of aromatic amines is 1. The van der Waals surface area contributed by atoms with Crippen molar-refractivity contribution >= 4 is 17.0 Å². The van der Waals surface area contributed by atoms with Gasteiger partial charge in [-0.2, -0.15) is 9.97 Å². The highest BCUT2D eigenvalue weighted by molar-refractivity contribution is 5.82. The molecule has 2 aliphatic heterocycles. The van der Waals surface area contributed by atoms with Crippen LogP contribution in [0.2, 0.25) is 0 Å². The number of aromatic nitrogens is 4. The van der Waals surface area contributed by atoms with E-state index in [0.717, 1.165) is 57.8 Å². The molecule has 9 nitrogen and oxygen atoms in total. The highest BCUT2D eigenvalue weighted by Gasteiger charge is 2.32. The van der Waals surface area contributed by atoms with Crippen molar-refractivity contribution in [3.63, 3.8) is 0 Å². The van der Waals surface area contributed by atoms with Gasteiger partial charge in [-0.1, -0.05) is 12.8 Å². The second-order valence-corrected chi connectivity index (χ2v) is 8.97. The number of hydrogen-bond donors (Lipinski definition) is 2. The lowest BCUT2D eigenvalue weighted by molar-refractivity contribution is 0.164.